The van der Waals surface area contributed by atoms with E-state index < -0.39 is 22.8 Å². The van der Waals surface area contributed by atoms with Crippen LogP contribution in [-0.2, 0) is 10.3 Å². The van der Waals surface area contributed by atoms with Crippen LogP contribution in [0.5, 0.6) is 5.75 Å². The molecule has 1 N–H and O–H groups in total. The van der Waals surface area contributed by atoms with Gasteiger partial charge in [-0.25, -0.2) is 9.18 Å². The maximum absolute atomic E-state index is 15.1. The van der Waals surface area contributed by atoms with Gasteiger partial charge in [-0.15, -0.1) is 0 Å². The van der Waals surface area contributed by atoms with Gasteiger partial charge >= 0.3 is 5.97 Å². The number of halogens is 1. The van der Waals surface area contributed by atoms with Gasteiger partial charge in [-0.2, -0.15) is 0 Å². The number of carbonyl (C=O) groups is 1. The summed E-state index contributed by atoms with van der Waals surface area (Å²) in [6.07, 6.45) is 1.88. The van der Waals surface area contributed by atoms with Crippen molar-refractivity contribution in [1.82, 2.24) is 0 Å². The second-order valence-corrected chi connectivity index (χ2v) is 8.10. The highest BCUT2D eigenvalue weighted by Crippen LogP contribution is 2.46. The third-order valence-corrected chi connectivity index (χ3v) is 5.00. The number of rotatable bonds is 8. The van der Waals surface area contributed by atoms with Gasteiger partial charge in [-0.1, -0.05) is 46.2 Å². The Kier molecular flexibility index (Phi) is 7.42. The van der Waals surface area contributed by atoms with E-state index in [1.54, 1.807) is 43.3 Å². The highest BCUT2D eigenvalue weighted by molar-refractivity contribution is 5.89. The number of hydrogen-bond donors (Lipinski definition) is 1. The Hall–Kier alpha value is -2.40. The van der Waals surface area contributed by atoms with Gasteiger partial charge in [0.1, 0.15) is 17.2 Å². The minimum Gasteiger partial charge on any atom is -0.493 e. The maximum atomic E-state index is 15.1. The first-order valence-electron chi connectivity index (χ1n) is 10.1. The molecule has 158 valence electrons. The molecule has 0 saturated carbocycles. The molecule has 2 rings (SSSR count). The van der Waals surface area contributed by atoms with Crippen LogP contribution in [0.3, 0.4) is 0 Å². The van der Waals surface area contributed by atoms with Crippen LogP contribution in [0.15, 0.2) is 42.5 Å². The fraction of sp³-hybridized carbons (Fsp3) is 0.458. The van der Waals surface area contributed by atoms with Crippen molar-refractivity contribution < 1.29 is 23.8 Å². The van der Waals surface area contributed by atoms with Gasteiger partial charge in [0.15, 0.2) is 0 Å². The summed E-state index contributed by atoms with van der Waals surface area (Å²) in [4.78, 5) is 11.9. The molecule has 4 nitrogen and oxygen atoms in total. The standard InChI is InChI=1S/C24H31FO4/c1-6-8-15-29-19-13-14-20(21(25)16-19)24(27,23(3,4)5)18-11-9-17(10-12-18)22(26)28-7-2/h9-14,16,27H,6-8,15H2,1-5H3. The van der Waals surface area contributed by atoms with Crippen molar-refractivity contribution in [1.29, 1.82) is 0 Å². The lowest BCUT2D eigenvalue weighted by Gasteiger charge is -2.41. The predicted molar refractivity (Wildman–Crippen MR) is 112 cm³/mol. The van der Waals surface area contributed by atoms with Crippen LogP contribution in [0.1, 0.15) is 68.9 Å². The molecule has 0 aliphatic carbocycles. The Morgan fingerprint density at radius 2 is 1.72 bits per heavy atom. The smallest absolute Gasteiger partial charge is 0.338 e. The SMILES string of the molecule is CCCCOc1ccc(C(O)(c2ccc(C(=O)OCC)cc2)C(C)(C)C)c(F)c1. The number of unbranched alkanes of at least 4 members (excludes halogenated alkanes) is 1. The summed E-state index contributed by atoms with van der Waals surface area (Å²) in [5, 5.41) is 11.7. The van der Waals surface area contributed by atoms with Crippen LogP contribution >= 0.6 is 0 Å². The molecule has 1 unspecified atom stereocenters. The van der Waals surface area contributed by atoms with Crippen molar-refractivity contribution in [3.63, 3.8) is 0 Å². The van der Waals surface area contributed by atoms with Crippen LogP contribution in [0.25, 0.3) is 0 Å². The number of esters is 1. The predicted octanol–water partition coefficient (Wildman–Crippen LogP) is 5.46. The molecule has 2 aromatic carbocycles. The normalized spacial score (nSPS) is 13.6. The summed E-state index contributed by atoms with van der Waals surface area (Å²) in [5.41, 5.74) is -1.28. The van der Waals surface area contributed by atoms with Gasteiger partial charge in [0, 0.05) is 11.6 Å². The molecule has 0 aliphatic heterocycles. The van der Waals surface area contributed by atoms with Crippen LogP contribution in [-0.4, -0.2) is 24.3 Å². The van der Waals surface area contributed by atoms with Crippen molar-refractivity contribution >= 4 is 5.97 Å². The molecule has 0 aliphatic rings. The average molecular weight is 403 g/mol. The first kappa shape index (κ1) is 22.9. The van der Waals surface area contributed by atoms with E-state index in [1.807, 2.05) is 20.8 Å². The molecule has 0 amide bonds. The van der Waals surface area contributed by atoms with Crippen molar-refractivity contribution in [2.24, 2.45) is 5.41 Å². The second kappa shape index (κ2) is 9.40. The van der Waals surface area contributed by atoms with E-state index in [0.717, 1.165) is 12.8 Å². The molecular weight excluding hydrogens is 371 g/mol. The third-order valence-electron chi connectivity index (χ3n) is 5.00. The van der Waals surface area contributed by atoms with Crippen molar-refractivity contribution in [3.8, 4) is 5.75 Å². The highest BCUT2D eigenvalue weighted by atomic mass is 19.1. The zero-order chi connectivity index (χ0) is 21.7. The Morgan fingerprint density at radius 3 is 2.24 bits per heavy atom. The molecule has 0 fully saturated rings. The molecule has 5 heteroatoms. The minimum atomic E-state index is -1.60. The van der Waals surface area contributed by atoms with Gasteiger partial charge in [0.25, 0.3) is 0 Å². The lowest BCUT2D eigenvalue weighted by Crippen LogP contribution is -2.42. The van der Waals surface area contributed by atoms with Crippen molar-refractivity contribution in [3.05, 3.63) is 65.0 Å². The first-order valence-corrected chi connectivity index (χ1v) is 10.1. The van der Waals surface area contributed by atoms with E-state index in [4.69, 9.17) is 9.47 Å². The number of benzene rings is 2. The lowest BCUT2D eigenvalue weighted by atomic mass is 9.68. The average Bonchev–Trinajstić information content (AvgIpc) is 2.67. The third kappa shape index (κ3) is 4.96. The molecule has 29 heavy (non-hydrogen) atoms. The monoisotopic (exact) mass is 402 g/mol. The van der Waals surface area contributed by atoms with Crippen LogP contribution in [0.2, 0.25) is 0 Å². The van der Waals surface area contributed by atoms with Gasteiger partial charge < -0.3 is 14.6 Å². The van der Waals surface area contributed by atoms with Crippen LogP contribution in [0, 0.1) is 11.2 Å². The summed E-state index contributed by atoms with van der Waals surface area (Å²) in [6.45, 7) is 10.1. The van der Waals surface area contributed by atoms with Crippen molar-refractivity contribution in [2.45, 2.75) is 53.1 Å². The van der Waals surface area contributed by atoms with Gasteiger partial charge in [0.05, 0.1) is 18.8 Å². The van der Waals surface area contributed by atoms with Crippen LogP contribution in [0.4, 0.5) is 4.39 Å². The molecule has 0 saturated heterocycles. The fourth-order valence-corrected chi connectivity index (χ4v) is 3.27. The molecule has 0 spiro atoms. The summed E-state index contributed by atoms with van der Waals surface area (Å²) < 4.78 is 25.6. The largest absolute Gasteiger partial charge is 0.493 e. The van der Waals surface area contributed by atoms with E-state index in [0.29, 0.717) is 23.5 Å². The first-order chi connectivity index (χ1) is 13.6. The maximum Gasteiger partial charge on any atom is 0.338 e. The van der Waals surface area contributed by atoms with E-state index in [-0.39, 0.29) is 12.2 Å². The van der Waals surface area contributed by atoms with E-state index in [2.05, 4.69) is 6.92 Å². The zero-order valence-corrected chi connectivity index (χ0v) is 17.9. The van der Waals surface area contributed by atoms with Crippen LogP contribution < -0.4 is 4.74 Å². The summed E-state index contributed by atoms with van der Waals surface area (Å²) in [6, 6.07) is 11.0. The summed E-state index contributed by atoms with van der Waals surface area (Å²) >= 11 is 0. The fourth-order valence-electron chi connectivity index (χ4n) is 3.27. The number of carbonyl (C=O) groups excluding carboxylic acids is 1. The Bertz CT molecular complexity index is 824. The lowest BCUT2D eigenvalue weighted by molar-refractivity contribution is -0.0288. The summed E-state index contributed by atoms with van der Waals surface area (Å²) in [7, 11) is 0. The van der Waals surface area contributed by atoms with Crippen molar-refractivity contribution in [2.75, 3.05) is 13.2 Å². The Labute approximate surface area is 172 Å². The molecule has 1 atom stereocenters. The Balaban J connectivity index is 2.44. The van der Waals surface area contributed by atoms with Gasteiger partial charge in [0.2, 0.25) is 0 Å². The molecule has 0 bridgehead atoms. The molecule has 0 heterocycles. The number of ether oxygens (including phenoxy) is 2. The number of aliphatic hydroxyl groups is 1. The van der Waals surface area contributed by atoms with Gasteiger partial charge in [-0.05, 0) is 48.6 Å². The molecule has 0 aromatic heterocycles. The van der Waals surface area contributed by atoms with E-state index in [9.17, 15) is 9.90 Å². The van der Waals surface area contributed by atoms with E-state index in [1.165, 1.54) is 6.07 Å². The zero-order valence-electron chi connectivity index (χ0n) is 17.9. The minimum absolute atomic E-state index is 0.164. The van der Waals surface area contributed by atoms with E-state index >= 15 is 4.39 Å². The topological polar surface area (TPSA) is 55.8 Å². The summed E-state index contributed by atoms with van der Waals surface area (Å²) in [5.74, 6) is -0.530. The Morgan fingerprint density at radius 1 is 1.07 bits per heavy atom. The molecular formula is C24H31FO4. The van der Waals surface area contributed by atoms with Gasteiger partial charge in [-0.3, -0.25) is 0 Å². The highest BCUT2D eigenvalue weighted by Gasteiger charge is 2.45. The quantitative estimate of drug-likeness (QED) is 0.470. The molecule has 0 radical (unpaired) electrons. The molecule has 2 aromatic rings. The number of hydrogen-bond acceptors (Lipinski definition) is 4. The second-order valence-electron chi connectivity index (χ2n) is 8.10.